The normalized spacial score (nSPS) is 10.8. The van der Waals surface area contributed by atoms with Crippen LogP contribution in [0.1, 0.15) is 30.9 Å². The average Bonchev–Trinajstić information content (AvgIpc) is 2.68. The fourth-order valence-electron chi connectivity index (χ4n) is 2.56. The second kappa shape index (κ2) is 8.85. The summed E-state index contributed by atoms with van der Waals surface area (Å²) in [5.74, 6) is 0.680. The standard InChI is InChI=1S/C19H22N4O4/c1-5-6-9-23-18(24)14(11-20)12(2)17(19(23)25)22-21-15-10-13(26-3)7-8-16(15)27-4/h7-8,10,24H,5-6,9H2,1-4H3. The van der Waals surface area contributed by atoms with E-state index in [1.807, 2.05) is 13.0 Å². The van der Waals surface area contributed by atoms with Crippen LogP contribution in [0.3, 0.4) is 0 Å². The molecule has 0 aliphatic rings. The van der Waals surface area contributed by atoms with Crippen molar-refractivity contribution in [2.45, 2.75) is 33.2 Å². The molecule has 2 rings (SSSR count). The Hall–Kier alpha value is -3.34. The molecule has 8 heteroatoms. The zero-order chi connectivity index (χ0) is 20.0. The van der Waals surface area contributed by atoms with Crippen molar-refractivity contribution in [2.75, 3.05) is 14.2 Å². The summed E-state index contributed by atoms with van der Waals surface area (Å²) in [6, 6.07) is 6.95. The lowest BCUT2D eigenvalue weighted by Gasteiger charge is -2.12. The van der Waals surface area contributed by atoms with E-state index in [0.717, 1.165) is 11.0 Å². The van der Waals surface area contributed by atoms with Gasteiger partial charge in [0.25, 0.3) is 5.56 Å². The van der Waals surface area contributed by atoms with Gasteiger partial charge in [-0.05, 0) is 25.5 Å². The van der Waals surface area contributed by atoms with Crippen molar-refractivity contribution in [3.05, 3.63) is 39.7 Å². The molecule has 0 saturated carbocycles. The summed E-state index contributed by atoms with van der Waals surface area (Å²) in [7, 11) is 3.02. The van der Waals surface area contributed by atoms with Crippen LogP contribution in [0.4, 0.5) is 11.4 Å². The SMILES string of the molecule is CCCCn1c(O)c(C#N)c(C)c(N=Nc2cc(OC)ccc2OC)c1=O. The number of hydrogen-bond acceptors (Lipinski definition) is 7. The number of unbranched alkanes of at least 4 members (excludes halogenated alkanes) is 1. The summed E-state index contributed by atoms with van der Waals surface area (Å²) in [4.78, 5) is 12.8. The lowest BCUT2D eigenvalue weighted by molar-refractivity contribution is 0.399. The maximum Gasteiger partial charge on any atom is 0.281 e. The first kappa shape index (κ1) is 20.0. The third-order valence-corrected chi connectivity index (χ3v) is 4.15. The van der Waals surface area contributed by atoms with E-state index < -0.39 is 5.56 Å². The summed E-state index contributed by atoms with van der Waals surface area (Å²) in [6.07, 6.45) is 1.52. The molecule has 0 spiro atoms. The van der Waals surface area contributed by atoms with E-state index in [-0.39, 0.29) is 22.7 Å². The zero-order valence-electron chi connectivity index (χ0n) is 15.8. The lowest BCUT2D eigenvalue weighted by Crippen LogP contribution is -2.22. The fraction of sp³-hybridized carbons (Fsp3) is 0.368. The molecule has 0 amide bonds. The van der Waals surface area contributed by atoms with Gasteiger partial charge in [-0.25, -0.2) is 0 Å². The summed E-state index contributed by atoms with van der Waals surface area (Å²) < 4.78 is 11.6. The number of benzene rings is 1. The lowest BCUT2D eigenvalue weighted by atomic mass is 10.1. The van der Waals surface area contributed by atoms with Crippen molar-refractivity contribution < 1.29 is 14.6 Å². The molecule has 1 heterocycles. The molecule has 1 aromatic carbocycles. The zero-order valence-corrected chi connectivity index (χ0v) is 15.8. The first-order valence-corrected chi connectivity index (χ1v) is 8.48. The van der Waals surface area contributed by atoms with Crippen LogP contribution >= 0.6 is 0 Å². The first-order valence-electron chi connectivity index (χ1n) is 8.48. The van der Waals surface area contributed by atoms with Gasteiger partial charge in [0.05, 0.1) is 14.2 Å². The molecule has 0 saturated heterocycles. The number of hydrogen-bond donors (Lipinski definition) is 1. The van der Waals surface area contributed by atoms with Gasteiger partial charge < -0.3 is 14.6 Å². The topological polar surface area (TPSA) is 109 Å². The molecular formula is C19H22N4O4. The highest BCUT2D eigenvalue weighted by Gasteiger charge is 2.19. The number of aromatic hydroxyl groups is 1. The van der Waals surface area contributed by atoms with Crippen LogP contribution in [0, 0.1) is 18.3 Å². The molecule has 0 bridgehead atoms. The number of ether oxygens (including phenoxy) is 2. The van der Waals surface area contributed by atoms with E-state index in [0.29, 0.717) is 30.2 Å². The number of pyridine rings is 1. The van der Waals surface area contributed by atoms with Gasteiger partial charge in [0.1, 0.15) is 28.8 Å². The van der Waals surface area contributed by atoms with Crippen LogP contribution in [-0.2, 0) is 6.54 Å². The third-order valence-electron chi connectivity index (χ3n) is 4.15. The number of methoxy groups -OCH3 is 2. The van der Waals surface area contributed by atoms with Crippen LogP contribution < -0.4 is 15.0 Å². The van der Waals surface area contributed by atoms with Gasteiger partial charge in [0.2, 0.25) is 5.88 Å². The summed E-state index contributed by atoms with van der Waals surface area (Å²) in [5, 5.41) is 27.8. The van der Waals surface area contributed by atoms with Crippen LogP contribution in [-0.4, -0.2) is 23.9 Å². The Kier molecular flexibility index (Phi) is 6.55. The largest absolute Gasteiger partial charge is 0.497 e. The van der Waals surface area contributed by atoms with Gasteiger partial charge in [0, 0.05) is 18.2 Å². The predicted molar refractivity (Wildman–Crippen MR) is 100 cm³/mol. The Morgan fingerprint density at radius 3 is 2.59 bits per heavy atom. The van der Waals surface area contributed by atoms with Gasteiger partial charge in [-0.1, -0.05) is 13.3 Å². The molecule has 27 heavy (non-hydrogen) atoms. The first-order chi connectivity index (χ1) is 13.0. The Morgan fingerprint density at radius 1 is 1.26 bits per heavy atom. The Balaban J connectivity index is 2.61. The molecular weight excluding hydrogens is 348 g/mol. The monoisotopic (exact) mass is 370 g/mol. The minimum atomic E-state index is -0.497. The van der Waals surface area contributed by atoms with E-state index in [1.54, 1.807) is 25.1 Å². The van der Waals surface area contributed by atoms with Crippen molar-refractivity contribution in [3.8, 4) is 23.4 Å². The van der Waals surface area contributed by atoms with Gasteiger partial charge in [-0.15, -0.1) is 10.2 Å². The summed E-state index contributed by atoms with van der Waals surface area (Å²) >= 11 is 0. The van der Waals surface area contributed by atoms with E-state index in [4.69, 9.17) is 9.47 Å². The molecule has 0 unspecified atom stereocenters. The van der Waals surface area contributed by atoms with Crippen LogP contribution in [0.15, 0.2) is 33.2 Å². The molecule has 0 aliphatic heterocycles. The number of aromatic nitrogens is 1. The van der Waals surface area contributed by atoms with Crippen molar-refractivity contribution >= 4 is 11.4 Å². The quantitative estimate of drug-likeness (QED) is 0.742. The maximum absolute atomic E-state index is 12.8. The van der Waals surface area contributed by atoms with Crippen molar-refractivity contribution in [1.82, 2.24) is 4.57 Å². The molecule has 0 atom stereocenters. The van der Waals surface area contributed by atoms with Crippen molar-refractivity contribution in [1.29, 1.82) is 5.26 Å². The Bertz CT molecular complexity index is 958. The highest BCUT2D eigenvalue weighted by molar-refractivity contribution is 5.58. The van der Waals surface area contributed by atoms with E-state index in [9.17, 15) is 15.2 Å². The number of rotatable bonds is 7. The second-order valence-electron chi connectivity index (χ2n) is 5.83. The summed E-state index contributed by atoms with van der Waals surface area (Å²) in [5.41, 5.74) is 0.173. The molecule has 1 aromatic heterocycles. The van der Waals surface area contributed by atoms with Gasteiger partial charge in [-0.2, -0.15) is 5.26 Å². The molecule has 8 nitrogen and oxygen atoms in total. The smallest absolute Gasteiger partial charge is 0.281 e. The van der Waals surface area contributed by atoms with Crippen LogP contribution in [0.2, 0.25) is 0 Å². The Labute approximate surface area is 157 Å². The minimum absolute atomic E-state index is 0.00493. The molecule has 1 N–H and O–H groups in total. The fourth-order valence-corrected chi connectivity index (χ4v) is 2.56. The van der Waals surface area contributed by atoms with Gasteiger partial charge in [-0.3, -0.25) is 9.36 Å². The average molecular weight is 370 g/mol. The Morgan fingerprint density at radius 2 is 2.00 bits per heavy atom. The predicted octanol–water partition coefficient (Wildman–Crippen LogP) is 3.97. The van der Waals surface area contributed by atoms with Crippen LogP contribution in [0.25, 0.3) is 0 Å². The molecule has 0 radical (unpaired) electrons. The number of azo groups is 1. The van der Waals surface area contributed by atoms with Crippen LogP contribution in [0.5, 0.6) is 17.4 Å². The summed E-state index contributed by atoms with van der Waals surface area (Å²) in [6.45, 7) is 3.82. The molecule has 142 valence electrons. The van der Waals surface area contributed by atoms with Gasteiger partial charge >= 0.3 is 0 Å². The maximum atomic E-state index is 12.8. The minimum Gasteiger partial charge on any atom is -0.497 e. The van der Waals surface area contributed by atoms with E-state index in [2.05, 4.69) is 10.2 Å². The highest BCUT2D eigenvalue weighted by atomic mass is 16.5. The van der Waals surface area contributed by atoms with Crippen molar-refractivity contribution in [3.63, 3.8) is 0 Å². The molecule has 0 fully saturated rings. The second-order valence-corrected chi connectivity index (χ2v) is 5.83. The van der Waals surface area contributed by atoms with E-state index >= 15 is 0 Å². The number of nitriles is 1. The molecule has 2 aromatic rings. The third kappa shape index (κ3) is 4.08. The number of nitrogens with zero attached hydrogens (tertiary/aromatic N) is 4. The van der Waals surface area contributed by atoms with E-state index in [1.165, 1.54) is 14.2 Å². The van der Waals surface area contributed by atoms with Crippen molar-refractivity contribution in [2.24, 2.45) is 10.2 Å². The molecule has 0 aliphatic carbocycles. The highest BCUT2D eigenvalue weighted by Crippen LogP contribution is 2.33. The van der Waals surface area contributed by atoms with Gasteiger partial charge in [0.15, 0.2) is 5.69 Å².